The van der Waals surface area contributed by atoms with Crippen LogP contribution in [0.15, 0.2) is 58.5 Å². The van der Waals surface area contributed by atoms with Gasteiger partial charge in [0.2, 0.25) is 10.0 Å². The van der Waals surface area contributed by atoms with Crippen molar-refractivity contribution in [2.45, 2.75) is 4.90 Å². The van der Waals surface area contributed by atoms with E-state index in [0.717, 1.165) is 11.3 Å². The summed E-state index contributed by atoms with van der Waals surface area (Å²) in [6.45, 7) is 1.33. The Hall–Kier alpha value is -2.75. The molecular formula is C20H24N4O4S. The van der Waals surface area contributed by atoms with Crippen LogP contribution in [0.1, 0.15) is 15.9 Å². The summed E-state index contributed by atoms with van der Waals surface area (Å²) >= 11 is 0. The van der Waals surface area contributed by atoms with Gasteiger partial charge in [0.1, 0.15) is 0 Å². The highest BCUT2D eigenvalue weighted by Gasteiger charge is 2.26. The lowest BCUT2D eigenvalue weighted by atomic mass is 10.2. The van der Waals surface area contributed by atoms with Crippen LogP contribution >= 0.6 is 0 Å². The number of hydrogen-bond donors (Lipinski definition) is 1. The van der Waals surface area contributed by atoms with E-state index in [2.05, 4.69) is 10.5 Å². The minimum Gasteiger partial charge on any atom is -0.379 e. The van der Waals surface area contributed by atoms with Gasteiger partial charge in [-0.25, -0.2) is 13.8 Å². The average Bonchev–Trinajstić information content (AvgIpc) is 2.74. The summed E-state index contributed by atoms with van der Waals surface area (Å²) in [4.78, 5) is 14.4. The molecule has 1 aliphatic heterocycles. The van der Waals surface area contributed by atoms with Gasteiger partial charge in [-0.1, -0.05) is 18.2 Å². The first-order chi connectivity index (χ1) is 13.9. The van der Waals surface area contributed by atoms with Gasteiger partial charge in [-0.3, -0.25) is 4.79 Å². The third-order valence-electron chi connectivity index (χ3n) is 4.49. The second-order valence-electron chi connectivity index (χ2n) is 6.73. The number of rotatable bonds is 6. The number of ether oxygens (including phenoxy) is 1. The van der Waals surface area contributed by atoms with Crippen LogP contribution in [0.2, 0.25) is 0 Å². The number of nitrogens with zero attached hydrogens (tertiary/aromatic N) is 3. The number of carbonyl (C=O) groups is 1. The third kappa shape index (κ3) is 5.20. The summed E-state index contributed by atoms with van der Waals surface area (Å²) in [6, 6.07) is 13.6. The van der Waals surface area contributed by atoms with Gasteiger partial charge in [-0.05, 0) is 35.9 Å². The lowest BCUT2D eigenvalue weighted by molar-refractivity contribution is 0.0730. The van der Waals surface area contributed by atoms with Crippen LogP contribution in [0.5, 0.6) is 0 Å². The Bertz CT molecular complexity index is 982. The molecule has 1 amide bonds. The molecule has 9 heteroatoms. The first-order valence-corrected chi connectivity index (χ1v) is 10.6. The number of carbonyl (C=O) groups excluding carboxylic acids is 1. The molecule has 1 saturated heterocycles. The molecule has 2 aromatic rings. The molecule has 0 radical (unpaired) electrons. The van der Waals surface area contributed by atoms with Gasteiger partial charge in [0.25, 0.3) is 5.91 Å². The number of hydrazone groups is 1. The van der Waals surface area contributed by atoms with E-state index < -0.39 is 15.9 Å². The lowest BCUT2D eigenvalue weighted by Crippen LogP contribution is -2.40. The van der Waals surface area contributed by atoms with Crippen molar-refractivity contribution in [1.29, 1.82) is 0 Å². The van der Waals surface area contributed by atoms with E-state index in [4.69, 9.17) is 4.74 Å². The van der Waals surface area contributed by atoms with E-state index in [1.807, 2.05) is 43.3 Å². The van der Waals surface area contributed by atoms with E-state index >= 15 is 0 Å². The van der Waals surface area contributed by atoms with Crippen LogP contribution in [-0.4, -0.2) is 65.2 Å². The monoisotopic (exact) mass is 416 g/mol. The van der Waals surface area contributed by atoms with Crippen LogP contribution in [-0.2, 0) is 14.8 Å². The Morgan fingerprint density at radius 1 is 1.14 bits per heavy atom. The number of amides is 1. The molecule has 0 atom stereocenters. The molecule has 29 heavy (non-hydrogen) atoms. The van der Waals surface area contributed by atoms with Crippen LogP contribution in [0.4, 0.5) is 5.69 Å². The van der Waals surface area contributed by atoms with Crippen LogP contribution < -0.4 is 10.3 Å². The van der Waals surface area contributed by atoms with E-state index in [9.17, 15) is 13.2 Å². The van der Waals surface area contributed by atoms with Crippen molar-refractivity contribution in [3.05, 3.63) is 59.7 Å². The predicted molar refractivity (Wildman–Crippen MR) is 112 cm³/mol. The minimum absolute atomic E-state index is 0.0790. The number of hydrogen-bond acceptors (Lipinski definition) is 6. The summed E-state index contributed by atoms with van der Waals surface area (Å²) in [5.74, 6) is -0.481. The number of morpholine rings is 1. The number of sulfonamides is 1. The van der Waals surface area contributed by atoms with Crippen LogP contribution in [0, 0.1) is 0 Å². The molecule has 1 heterocycles. The van der Waals surface area contributed by atoms with E-state index in [1.54, 1.807) is 12.1 Å². The highest BCUT2D eigenvalue weighted by atomic mass is 32.2. The first-order valence-electron chi connectivity index (χ1n) is 9.17. The zero-order valence-corrected chi connectivity index (χ0v) is 17.2. The van der Waals surface area contributed by atoms with Crippen molar-refractivity contribution < 1.29 is 17.9 Å². The molecule has 0 spiro atoms. The quantitative estimate of drug-likeness (QED) is 0.570. The third-order valence-corrected chi connectivity index (χ3v) is 6.39. The molecule has 2 aromatic carbocycles. The standard InChI is InChI=1S/C20H24N4O4S/c1-23(2)18-8-6-16(7-9-18)15-21-22-20(25)17-4-3-5-19(14-17)29(26,27)24-10-12-28-13-11-24/h3-9,14-15H,10-13H2,1-2H3,(H,22,25)/b21-15-. The summed E-state index contributed by atoms with van der Waals surface area (Å²) in [5, 5.41) is 3.96. The topological polar surface area (TPSA) is 91.3 Å². The van der Waals surface area contributed by atoms with E-state index in [0.29, 0.717) is 26.3 Å². The molecule has 0 bridgehead atoms. The fourth-order valence-electron chi connectivity index (χ4n) is 2.82. The molecule has 1 N–H and O–H groups in total. The summed E-state index contributed by atoms with van der Waals surface area (Å²) in [6.07, 6.45) is 1.53. The molecule has 0 unspecified atom stereocenters. The van der Waals surface area contributed by atoms with Crippen molar-refractivity contribution in [3.8, 4) is 0 Å². The van der Waals surface area contributed by atoms with Gasteiger partial charge in [-0.15, -0.1) is 0 Å². The molecule has 0 aliphatic carbocycles. The maximum Gasteiger partial charge on any atom is 0.271 e. The Labute approximate surface area is 170 Å². The molecule has 154 valence electrons. The first kappa shape index (κ1) is 21.0. The lowest BCUT2D eigenvalue weighted by Gasteiger charge is -2.26. The van der Waals surface area contributed by atoms with Crippen molar-refractivity contribution >= 4 is 27.8 Å². The molecule has 0 aromatic heterocycles. The molecule has 0 saturated carbocycles. The Morgan fingerprint density at radius 3 is 2.48 bits per heavy atom. The molecule has 1 fully saturated rings. The summed E-state index contributed by atoms with van der Waals surface area (Å²) in [5.41, 5.74) is 4.55. The highest BCUT2D eigenvalue weighted by molar-refractivity contribution is 7.89. The van der Waals surface area contributed by atoms with Gasteiger partial charge in [0.15, 0.2) is 0 Å². The van der Waals surface area contributed by atoms with Gasteiger partial charge >= 0.3 is 0 Å². The van der Waals surface area contributed by atoms with Crippen molar-refractivity contribution in [2.75, 3.05) is 45.3 Å². The van der Waals surface area contributed by atoms with Crippen LogP contribution in [0.25, 0.3) is 0 Å². The fraction of sp³-hybridized carbons (Fsp3) is 0.300. The second-order valence-corrected chi connectivity index (χ2v) is 8.67. The molecular weight excluding hydrogens is 392 g/mol. The molecule has 3 rings (SSSR count). The predicted octanol–water partition coefficient (Wildman–Crippen LogP) is 1.54. The van der Waals surface area contributed by atoms with Gasteiger partial charge in [0.05, 0.1) is 24.3 Å². The Morgan fingerprint density at radius 2 is 1.83 bits per heavy atom. The minimum atomic E-state index is -3.66. The normalized spacial score (nSPS) is 15.4. The number of nitrogens with one attached hydrogen (secondary N) is 1. The fourth-order valence-corrected chi connectivity index (χ4v) is 4.28. The molecule has 8 nitrogen and oxygen atoms in total. The Balaban J connectivity index is 1.67. The average molecular weight is 417 g/mol. The maximum absolute atomic E-state index is 12.7. The number of anilines is 1. The van der Waals surface area contributed by atoms with Crippen LogP contribution in [0.3, 0.4) is 0 Å². The van der Waals surface area contributed by atoms with E-state index in [1.165, 1.54) is 22.7 Å². The summed E-state index contributed by atoms with van der Waals surface area (Å²) < 4.78 is 32.1. The van der Waals surface area contributed by atoms with Gasteiger partial charge < -0.3 is 9.64 Å². The van der Waals surface area contributed by atoms with Crippen molar-refractivity contribution in [1.82, 2.24) is 9.73 Å². The van der Waals surface area contributed by atoms with Crippen molar-refractivity contribution in [2.24, 2.45) is 5.10 Å². The number of benzene rings is 2. The SMILES string of the molecule is CN(C)c1ccc(/C=N\NC(=O)c2cccc(S(=O)(=O)N3CCOCC3)c2)cc1. The highest BCUT2D eigenvalue weighted by Crippen LogP contribution is 2.18. The largest absolute Gasteiger partial charge is 0.379 e. The summed E-state index contributed by atoms with van der Waals surface area (Å²) in [7, 11) is 0.248. The maximum atomic E-state index is 12.7. The second kappa shape index (κ2) is 9.17. The van der Waals surface area contributed by atoms with E-state index in [-0.39, 0.29) is 10.5 Å². The zero-order chi connectivity index (χ0) is 20.9. The molecule has 1 aliphatic rings. The van der Waals surface area contributed by atoms with Crippen molar-refractivity contribution in [3.63, 3.8) is 0 Å². The van der Waals surface area contributed by atoms with Gasteiger partial charge in [0, 0.05) is 38.4 Å². The van der Waals surface area contributed by atoms with Gasteiger partial charge in [-0.2, -0.15) is 9.41 Å². The zero-order valence-electron chi connectivity index (χ0n) is 16.4. The smallest absolute Gasteiger partial charge is 0.271 e. The Kier molecular flexibility index (Phi) is 6.63.